The molecule has 45 heavy (non-hydrogen) atoms. The fourth-order valence-corrected chi connectivity index (χ4v) is 6.13. The number of carbonyl (C=O) groups excluding carboxylic acids is 3. The highest BCUT2D eigenvalue weighted by Gasteiger charge is 2.40. The van der Waals surface area contributed by atoms with E-state index in [-0.39, 0.29) is 25.2 Å². The van der Waals surface area contributed by atoms with E-state index in [9.17, 15) is 18.8 Å². The Labute approximate surface area is 257 Å². The molecule has 0 aliphatic carbocycles. The summed E-state index contributed by atoms with van der Waals surface area (Å²) in [6.07, 6.45) is 4.73. The summed E-state index contributed by atoms with van der Waals surface area (Å²) in [7, 11) is 0. The van der Waals surface area contributed by atoms with Crippen molar-refractivity contribution >= 4 is 56.7 Å². The zero-order valence-electron chi connectivity index (χ0n) is 23.7. The van der Waals surface area contributed by atoms with Crippen LogP contribution in [0.5, 0.6) is 0 Å². The summed E-state index contributed by atoms with van der Waals surface area (Å²) in [5.41, 5.74) is 9.24. The van der Waals surface area contributed by atoms with Gasteiger partial charge in [-0.05, 0) is 36.8 Å². The first-order valence-electron chi connectivity index (χ1n) is 13.8. The van der Waals surface area contributed by atoms with Gasteiger partial charge in [0.1, 0.15) is 18.8 Å². The summed E-state index contributed by atoms with van der Waals surface area (Å²) in [6.45, 7) is 1.23. The number of fused-ring (bicyclic) bond motifs is 2. The van der Waals surface area contributed by atoms with Crippen molar-refractivity contribution in [2.45, 2.75) is 32.1 Å². The molecule has 1 aliphatic heterocycles. The number of anilines is 1. The molecule has 0 spiro atoms. The lowest BCUT2D eigenvalue weighted by Gasteiger charge is -2.23. The predicted octanol–water partition coefficient (Wildman–Crippen LogP) is 2.67. The summed E-state index contributed by atoms with van der Waals surface area (Å²) in [5, 5.41) is 22.9. The van der Waals surface area contributed by atoms with Gasteiger partial charge in [0.15, 0.2) is 11.3 Å². The minimum atomic E-state index is -1.39. The van der Waals surface area contributed by atoms with E-state index in [4.69, 9.17) is 5.73 Å². The Hall–Kier alpha value is -5.64. The number of hydrogen-bond donors (Lipinski definition) is 2. The summed E-state index contributed by atoms with van der Waals surface area (Å²) in [6, 6.07) is 7.68. The van der Waals surface area contributed by atoms with Crippen molar-refractivity contribution < 1.29 is 18.8 Å². The molecule has 5 aromatic heterocycles. The number of carbonyl (C=O) groups is 3. The smallest absolute Gasteiger partial charge is 0.269 e. The molecule has 2 unspecified atom stereocenters. The van der Waals surface area contributed by atoms with Gasteiger partial charge in [0.05, 0.1) is 42.0 Å². The third kappa shape index (κ3) is 5.14. The van der Waals surface area contributed by atoms with Crippen LogP contribution in [0, 0.1) is 6.92 Å². The number of nitrogens with zero attached hydrogens (tertiary/aromatic N) is 9. The summed E-state index contributed by atoms with van der Waals surface area (Å²) in [4.78, 5) is 49.1. The van der Waals surface area contributed by atoms with Gasteiger partial charge in [0, 0.05) is 34.3 Å². The minimum Gasteiger partial charge on any atom is -0.364 e. The second kappa shape index (κ2) is 11.1. The maximum absolute atomic E-state index is 14.7. The van der Waals surface area contributed by atoms with Gasteiger partial charge in [-0.15, -0.1) is 11.3 Å². The molecule has 16 heteroatoms. The Morgan fingerprint density at radius 1 is 1.04 bits per heavy atom. The Morgan fingerprint density at radius 2 is 1.91 bits per heavy atom. The van der Waals surface area contributed by atoms with Crippen LogP contribution in [0.15, 0.2) is 60.5 Å². The standard InChI is InChI=1S/C29H24FN11O3S/c1-15-20-10-19(12-33-27(20)41(37-15)29-32-6-7-45-29)36-28(44)23-9-18(30)13-39(23)24(42)14-40-22-3-2-16(17-4-5-34-35-11-17)8-21(22)25(38-40)26(31)43/h2-8,10-12,18,23H,9,13-14H2,1H3,(H2,31,43)(H,36,44). The number of likely N-dealkylation sites (tertiary alicyclic amines) is 1. The first-order valence-corrected chi connectivity index (χ1v) is 14.7. The average Bonchev–Trinajstić information content (AvgIpc) is 3.84. The zero-order chi connectivity index (χ0) is 31.2. The van der Waals surface area contributed by atoms with E-state index in [1.54, 1.807) is 53.6 Å². The Kier molecular flexibility index (Phi) is 6.96. The van der Waals surface area contributed by atoms with E-state index < -0.39 is 29.9 Å². The molecule has 226 valence electrons. The number of amides is 3. The number of hydrogen-bond acceptors (Lipinski definition) is 10. The van der Waals surface area contributed by atoms with Crippen molar-refractivity contribution in [3.05, 3.63) is 71.9 Å². The van der Waals surface area contributed by atoms with Crippen molar-refractivity contribution in [1.82, 2.24) is 44.6 Å². The van der Waals surface area contributed by atoms with Crippen LogP contribution in [0.1, 0.15) is 22.6 Å². The highest BCUT2D eigenvalue weighted by atomic mass is 32.1. The molecule has 2 atom stereocenters. The molecule has 1 fully saturated rings. The third-order valence-corrected chi connectivity index (χ3v) is 8.38. The fourth-order valence-electron chi connectivity index (χ4n) is 5.54. The van der Waals surface area contributed by atoms with Crippen LogP contribution in [-0.4, -0.2) is 81.1 Å². The van der Waals surface area contributed by atoms with Gasteiger partial charge in [-0.2, -0.15) is 25.1 Å². The predicted molar refractivity (Wildman–Crippen MR) is 162 cm³/mol. The van der Waals surface area contributed by atoms with E-state index >= 15 is 0 Å². The molecule has 0 bridgehead atoms. The maximum Gasteiger partial charge on any atom is 0.269 e. The molecule has 6 aromatic rings. The number of aryl methyl sites for hydroxylation is 1. The lowest BCUT2D eigenvalue weighted by atomic mass is 10.0. The van der Waals surface area contributed by atoms with Crippen LogP contribution < -0.4 is 11.1 Å². The van der Waals surface area contributed by atoms with Crippen LogP contribution in [0.25, 0.3) is 38.2 Å². The van der Waals surface area contributed by atoms with E-state index in [2.05, 4.69) is 35.7 Å². The van der Waals surface area contributed by atoms with E-state index in [0.29, 0.717) is 38.4 Å². The maximum atomic E-state index is 14.7. The van der Waals surface area contributed by atoms with Crippen LogP contribution in [0.4, 0.5) is 10.1 Å². The SMILES string of the molecule is Cc1nn(-c2nccs2)c2ncc(NC(=O)C3CC(F)CN3C(=O)Cn3nc(C(N)=O)c4cc(-c5ccnnc5)ccc43)cc12. The molecule has 7 rings (SSSR count). The van der Waals surface area contributed by atoms with Crippen molar-refractivity contribution in [3.63, 3.8) is 0 Å². The summed E-state index contributed by atoms with van der Waals surface area (Å²) in [5.74, 6) is -1.85. The lowest BCUT2D eigenvalue weighted by molar-refractivity contribution is -0.137. The van der Waals surface area contributed by atoms with E-state index in [1.807, 2.05) is 12.3 Å². The average molecular weight is 626 g/mol. The topological polar surface area (TPSA) is 180 Å². The number of alkyl halides is 1. The van der Waals surface area contributed by atoms with E-state index in [1.165, 1.54) is 27.1 Å². The number of primary amides is 1. The van der Waals surface area contributed by atoms with Crippen molar-refractivity contribution in [2.24, 2.45) is 5.73 Å². The van der Waals surface area contributed by atoms with Gasteiger partial charge in [0.2, 0.25) is 16.9 Å². The Morgan fingerprint density at radius 3 is 2.67 bits per heavy atom. The van der Waals surface area contributed by atoms with Crippen molar-refractivity contribution in [1.29, 1.82) is 0 Å². The van der Waals surface area contributed by atoms with Crippen LogP contribution >= 0.6 is 11.3 Å². The molecule has 1 aliphatic rings. The van der Waals surface area contributed by atoms with Crippen LogP contribution in [0.2, 0.25) is 0 Å². The Bertz CT molecular complexity index is 2100. The summed E-state index contributed by atoms with van der Waals surface area (Å²) >= 11 is 1.42. The highest BCUT2D eigenvalue weighted by molar-refractivity contribution is 7.12. The number of halogens is 1. The fraction of sp³-hybridized carbons (Fsp3) is 0.207. The molecule has 3 N–H and O–H groups in total. The van der Waals surface area contributed by atoms with Crippen LogP contribution in [0.3, 0.4) is 0 Å². The number of benzene rings is 1. The first kappa shape index (κ1) is 28.1. The monoisotopic (exact) mass is 625 g/mol. The molecule has 3 amide bonds. The van der Waals surface area contributed by atoms with Crippen molar-refractivity contribution in [2.75, 3.05) is 11.9 Å². The van der Waals surface area contributed by atoms with Crippen LogP contribution in [-0.2, 0) is 16.1 Å². The van der Waals surface area contributed by atoms with Gasteiger partial charge in [-0.25, -0.2) is 14.4 Å². The van der Waals surface area contributed by atoms with Gasteiger partial charge in [-0.3, -0.25) is 19.1 Å². The molecule has 14 nitrogen and oxygen atoms in total. The molecular formula is C29H24FN11O3S. The van der Waals surface area contributed by atoms with Crippen molar-refractivity contribution in [3.8, 4) is 16.3 Å². The molecule has 6 heterocycles. The molecular weight excluding hydrogens is 601 g/mol. The normalized spacial score (nSPS) is 16.4. The number of aromatic nitrogens is 8. The number of rotatable bonds is 7. The molecule has 1 saturated heterocycles. The minimum absolute atomic E-state index is 0.0166. The number of nitrogens with two attached hydrogens (primary N) is 1. The summed E-state index contributed by atoms with van der Waals surface area (Å²) < 4.78 is 17.7. The number of pyridine rings is 1. The highest BCUT2D eigenvalue weighted by Crippen LogP contribution is 2.28. The lowest BCUT2D eigenvalue weighted by Crippen LogP contribution is -2.44. The number of nitrogens with one attached hydrogen (secondary N) is 1. The second-order valence-corrected chi connectivity index (χ2v) is 11.4. The molecule has 0 radical (unpaired) electrons. The van der Waals surface area contributed by atoms with Gasteiger partial charge in [-0.1, -0.05) is 6.07 Å². The third-order valence-electron chi connectivity index (χ3n) is 7.63. The molecule has 1 aromatic carbocycles. The second-order valence-electron chi connectivity index (χ2n) is 10.5. The van der Waals surface area contributed by atoms with E-state index in [0.717, 1.165) is 11.1 Å². The van der Waals surface area contributed by atoms with Gasteiger partial charge < -0.3 is 16.0 Å². The van der Waals surface area contributed by atoms with Gasteiger partial charge >= 0.3 is 0 Å². The Balaban J connectivity index is 1.12. The van der Waals surface area contributed by atoms with Gasteiger partial charge in [0.25, 0.3) is 5.91 Å². The first-order chi connectivity index (χ1) is 21.8. The molecule has 0 saturated carbocycles. The quantitative estimate of drug-likeness (QED) is 0.270. The number of thiazole rings is 1. The zero-order valence-corrected chi connectivity index (χ0v) is 24.5. The largest absolute Gasteiger partial charge is 0.364 e.